The van der Waals surface area contributed by atoms with Gasteiger partial charge in [0.2, 0.25) is 5.91 Å². The van der Waals surface area contributed by atoms with E-state index in [1.165, 1.54) is 29.9 Å². The molecule has 0 unspecified atom stereocenters. The van der Waals surface area contributed by atoms with Crippen LogP contribution >= 0.6 is 0 Å². The van der Waals surface area contributed by atoms with Gasteiger partial charge >= 0.3 is 0 Å². The van der Waals surface area contributed by atoms with Crippen LogP contribution < -0.4 is 14.9 Å². The van der Waals surface area contributed by atoms with Crippen molar-refractivity contribution in [2.24, 2.45) is 5.92 Å². The Morgan fingerprint density at radius 1 is 0.935 bits per heavy atom. The molecule has 1 aliphatic rings. The molecule has 0 spiro atoms. The summed E-state index contributed by atoms with van der Waals surface area (Å²) in [6.45, 7) is 0.619. The third-order valence-electron chi connectivity index (χ3n) is 5.56. The summed E-state index contributed by atoms with van der Waals surface area (Å²) in [5.74, 6) is -0.259. The topological polar surface area (TPSA) is 95.6 Å². The highest BCUT2D eigenvalue weighted by Crippen LogP contribution is 2.24. The fraction of sp³-hybridized carbons (Fsp3) is 0.391. The Hall–Kier alpha value is -2.87. The quantitative estimate of drug-likeness (QED) is 0.613. The van der Waals surface area contributed by atoms with Gasteiger partial charge in [0.15, 0.2) is 0 Å². The van der Waals surface area contributed by atoms with Gasteiger partial charge in [-0.15, -0.1) is 0 Å². The van der Waals surface area contributed by atoms with Crippen molar-refractivity contribution < 1.29 is 18.0 Å². The molecule has 0 bridgehead atoms. The first-order valence-corrected chi connectivity index (χ1v) is 12.0. The maximum Gasteiger partial charge on any atom is 0.264 e. The number of hydrogen-bond acceptors (Lipinski definition) is 4. The Balaban J connectivity index is 1.56. The Bertz CT molecular complexity index is 1000. The fourth-order valence-electron chi connectivity index (χ4n) is 3.71. The highest BCUT2D eigenvalue weighted by atomic mass is 32.2. The van der Waals surface area contributed by atoms with Crippen LogP contribution in [0.1, 0.15) is 42.5 Å². The second-order valence-corrected chi connectivity index (χ2v) is 9.69. The summed E-state index contributed by atoms with van der Waals surface area (Å²) in [6.07, 6.45) is 5.23. The number of para-hydroxylation sites is 1. The van der Waals surface area contributed by atoms with Gasteiger partial charge in [0.25, 0.3) is 15.9 Å². The molecule has 2 amide bonds. The third kappa shape index (κ3) is 5.85. The number of carbonyl (C=O) groups excluding carboxylic acids is 2. The summed E-state index contributed by atoms with van der Waals surface area (Å²) in [5.41, 5.74) is 0.784. The van der Waals surface area contributed by atoms with Gasteiger partial charge in [-0.2, -0.15) is 0 Å². The van der Waals surface area contributed by atoms with Gasteiger partial charge < -0.3 is 10.6 Å². The number of carbonyl (C=O) groups is 2. The van der Waals surface area contributed by atoms with Crippen molar-refractivity contribution in [1.82, 2.24) is 10.6 Å². The standard InChI is InChI=1S/C23H29N3O4S/c1-26(20-12-6-3-7-13-20)31(29,30)21-14-8-11-19(17-21)23(28)25-16-15-24-22(27)18-9-4-2-5-10-18/h3,6-8,11-14,17-18H,2,4-5,9-10,15-16H2,1H3,(H,24,27)(H,25,28). The maximum atomic E-state index is 12.9. The Kier molecular flexibility index (Phi) is 7.68. The van der Waals surface area contributed by atoms with Gasteiger partial charge in [-0.25, -0.2) is 8.42 Å². The summed E-state index contributed by atoms with van der Waals surface area (Å²) in [7, 11) is -2.32. The van der Waals surface area contributed by atoms with Crippen LogP contribution in [0.3, 0.4) is 0 Å². The molecule has 0 heterocycles. The number of hydrogen-bond donors (Lipinski definition) is 2. The molecule has 1 fully saturated rings. The summed E-state index contributed by atoms with van der Waals surface area (Å²) in [4.78, 5) is 24.7. The van der Waals surface area contributed by atoms with E-state index in [0.717, 1.165) is 25.7 Å². The number of nitrogens with zero attached hydrogens (tertiary/aromatic N) is 1. The Morgan fingerprint density at radius 2 is 1.61 bits per heavy atom. The molecule has 8 heteroatoms. The molecule has 166 valence electrons. The molecule has 31 heavy (non-hydrogen) atoms. The lowest BCUT2D eigenvalue weighted by Crippen LogP contribution is -2.38. The Labute approximate surface area is 183 Å². The molecule has 2 aromatic rings. The highest BCUT2D eigenvalue weighted by molar-refractivity contribution is 7.92. The molecule has 2 N–H and O–H groups in total. The molecule has 0 aliphatic heterocycles. The van der Waals surface area contributed by atoms with Crippen LogP contribution in [0.5, 0.6) is 0 Å². The van der Waals surface area contributed by atoms with E-state index in [0.29, 0.717) is 12.2 Å². The van der Waals surface area contributed by atoms with E-state index in [1.807, 2.05) is 6.07 Å². The lowest BCUT2D eigenvalue weighted by molar-refractivity contribution is -0.125. The van der Waals surface area contributed by atoms with Crippen LogP contribution in [0.4, 0.5) is 5.69 Å². The van der Waals surface area contributed by atoms with Crippen LogP contribution in [-0.4, -0.2) is 40.4 Å². The first-order chi connectivity index (χ1) is 14.9. The smallest absolute Gasteiger partial charge is 0.264 e. The largest absolute Gasteiger partial charge is 0.354 e. The summed E-state index contributed by atoms with van der Waals surface area (Å²) < 4.78 is 27.1. The molecule has 1 saturated carbocycles. The van der Waals surface area contributed by atoms with Crippen molar-refractivity contribution in [2.75, 3.05) is 24.4 Å². The van der Waals surface area contributed by atoms with E-state index >= 15 is 0 Å². The lowest BCUT2D eigenvalue weighted by Gasteiger charge is -2.20. The third-order valence-corrected chi connectivity index (χ3v) is 7.34. The second-order valence-electron chi connectivity index (χ2n) is 7.72. The number of amides is 2. The van der Waals surface area contributed by atoms with E-state index in [4.69, 9.17) is 0 Å². The van der Waals surface area contributed by atoms with Crippen molar-refractivity contribution in [2.45, 2.75) is 37.0 Å². The first-order valence-electron chi connectivity index (χ1n) is 10.6. The lowest BCUT2D eigenvalue weighted by atomic mass is 9.89. The fourth-order valence-corrected chi connectivity index (χ4v) is 4.95. The van der Waals surface area contributed by atoms with E-state index in [2.05, 4.69) is 10.6 Å². The van der Waals surface area contributed by atoms with E-state index < -0.39 is 10.0 Å². The highest BCUT2D eigenvalue weighted by Gasteiger charge is 2.23. The Morgan fingerprint density at radius 3 is 2.32 bits per heavy atom. The zero-order valence-corrected chi connectivity index (χ0v) is 18.5. The van der Waals surface area contributed by atoms with Gasteiger partial charge in [0, 0.05) is 31.6 Å². The molecular weight excluding hydrogens is 414 g/mol. The SMILES string of the molecule is CN(c1ccccc1)S(=O)(=O)c1cccc(C(=O)NCCNC(=O)C2CCCCC2)c1. The number of rotatable bonds is 8. The van der Waals surface area contributed by atoms with Crippen molar-refractivity contribution in [1.29, 1.82) is 0 Å². The van der Waals surface area contributed by atoms with Gasteiger partial charge in [-0.3, -0.25) is 13.9 Å². The number of anilines is 1. The predicted octanol–water partition coefficient (Wildman–Crippen LogP) is 2.94. The van der Waals surface area contributed by atoms with Crippen LogP contribution in [0.25, 0.3) is 0 Å². The minimum Gasteiger partial charge on any atom is -0.354 e. The van der Waals surface area contributed by atoms with Crippen LogP contribution in [0, 0.1) is 5.92 Å². The number of nitrogens with one attached hydrogen (secondary N) is 2. The summed E-state index contributed by atoms with van der Waals surface area (Å²) >= 11 is 0. The normalized spacial score (nSPS) is 14.6. The van der Waals surface area contributed by atoms with E-state index in [1.54, 1.807) is 36.4 Å². The van der Waals surface area contributed by atoms with Crippen LogP contribution in [0.2, 0.25) is 0 Å². The molecule has 0 saturated heterocycles. The van der Waals surface area contributed by atoms with Crippen molar-refractivity contribution in [3.05, 3.63) is 60.2 Å². The summed E-state index contributed by atoms with van der Waals surface area (Å²) in [6, 6.07) is 14.7. The molecule has 0 radical (unpaired) electrons. The van der Waals surface area contributed by atoms with Crippen molar-refractivity contribution in [3.63, 3.8) is 0 Å². The van der Waals surface area contributed by atoms with Crippen molar-refractivity contribution in [3.8, 4) is 0 Å². The van der Waals surface area contributed by atoms with E-state index in [9.17, 15) is 18.0 Å². The van der Waals surface area contributed by atoms with Gasteiger partial charge in [0.05, 0.1) is 10.6 Å². The second kappa shape index (κ2) is 10.4. The average molecular weight is 444 g/mol. The molecular formula is C23H29N3O4S. The minimum atomic E-state index is -3.80. The van der Waals surface area contributed by atoms with Crippen molar-refractivity contribution >= 4 is 27.5 Å². The van der Waals surface area contributed by atoms with Gasteiger partial charge in [-0.1, -0.05) is 43.5 Å². The molecule has 2 aromatic carbocycles. The maximum absolute atomic E-state index is 12.9. The molecule has 1 aliphatic carbocycles. The van der Waals surface area contributed by atoms with Gasteiger partial charge in [-0.05, 0) is 43.2 Å². The molecule has 0 atom stereocenters. The predicted molar refractivity (Wildman–Crippen MR) is 120 cm³/mol. The summed E-state index contributed by atoms with van der Waals surface area (Å²) in [5, 5.41) is 5.61. The zero-order valence-electron chi connectivity index (χ0n) is 17.7. The average Bonchev–Trinajstić information content (AvgIpc) is 2.82. The number of benzene rings is 2. The first kappa shape index (κ1) is 22.8. The minimum absolute atomic E-state index is 0.0390. The van der Waals surface area contributed by atoms with E-state index in [-0.39, 0.29) is 34.7 Å². The van der Waals surface area contributed by atoms with Crippen LogP contribution in [-0.2, 0) is 14.8 Å². The molecule has 3 rings (SSSR count). The monoisotopic (exact) mass is 443 g/mol. The molecule has 7 nitrogen and oxygen atoms in total. The zero-order chi connectivity index (χ0) is 22.3. The number of sulfonamides is 1. The van der Waals surface area contributed by atoms with Crippen LogP contribution in [0.15, 0.2) is 59.5 Å². The van der Waals surface area contributed by atoms with Gasteiger partial charge in [0.1, 0.15) is 0 Å². The molecule has 0 aromatic heterocycles.